The highest BCUT2D eigenvalue weighted by Crippen LogP contribution is 2.34. The maximum Gasteiger partial charge on any atom is 0.0507 e. The lowest BCUT2D eigenvalue weighted by Crippen LogP contribution is -1.98. The average Bonchev–Trinajstić information content (AvgIpc) is 3.27. The van der Waals surface area contributed by atoms with Crippen LogP contribution in [0.1, 0.15) is 203 Å². The summed E-state index contributed by atoms with van der Waals surface area (Å²) in [6, 6.07) is 42.0. The minimum Gasteiger partial charge on any atom is -0.264 e. The molecular weight excluding hydrogens is 784 g/mol. The zero-order valence-electron chi connectivity index (χ0n) is 42.8. The normalized spacial score (nSPS) is 11.4. The van der Waals surface area contributed by atoms with Gasteiger partial charge in [0.15, 0.2) is 0 Å². The third-order valence-electron chi connectivity index (χ3n) is 12.6. The number of aromatic nitrogens is 2. The molecule has 3 radical (unpaired) electrons. The predicted molar refractivity (Wildman–Crippen MR) is 290 cm³/mol. The first-order valence-electron chi connectivity index (χ1n) is 24.2. The molecule has 0 aliphatic rings. The first-order chi connectivity index (χ1) is 30.4. The van der Waals surface area contributed by atoms with E-state index < -0.39 is 0 Å². The average molecular weight is 862 g/mol. The van der Waals surface area contributed by atoms with Crippen molar-refractivity contribution in [3.8, 4) is 0 Å². The fourth-order valence-corrected chi connectivity index (χ4v) is 9.10. The number of pyridine rings is 2. The van der Waals surface area contributed by atoms with E-state index in [1.807, 2.05) is 18.6 Å². The van der Waals surface area contributed by atoms with E-state index in [9.17, 15) is 0 Å². The molecule has 0 saturated heterocycles. The van der Waals surface area contributed by atoms with E-state index in [0.717, 1.165) is 0 Å². The Morgan fingerprint density at radius 1 is 0.262 bits per heavy atom. The predicted octanol–water partition coefficient (Wildman–Crippen LogP) is 18.8. The third-order valence-corrected chi connectivity index (χ3v) is 12.6. The zero-order chi connectivity index (χ0) is 46.8. The number of hydrogen-bond donors (Lipinski definition) is 0. The molecule has 0 N–H and O–H groups in total. The van der Waals surface area contributed by atoms with Crippen molar-refractivity contribution in [2.24, 2.45) is 0 Å². The van der Waals surface area contributed by atoms with E-state index in [-0.39, 0.29) is 8.41 Å². The van der Waals surface area contributed by atoms with Crippen LogP contribution in [0.3, 0.4) is 0 Å². The van der Waals surface area contributed by atoms with Gasteiger partial charge in [-0.15, -0.1) is 0 Å². The van der Waals surface area contributed by atoms with Crippen molar-refractivity contribution in [3.05, 3.63) is 178 Å². The van der Waals surface area contributed by atoms with Gasteiger partial charge >= 0.3 is 0 Å². The minimum atomic E-state index is 0. The number of benzene rings is 6. The second kappa shape index (κ2) is 23.8. The molecule has 0 aliphatic heterocycles. The Labute approximate surface area is 396 Å². The van der Waals surface area contributed by atoms with Gasteiger partial charge in [0.25, 0.3) is 0 Å². The van der Waals surface area contributed by atoms with Crippen LogP contribution in [0.2, 0.25) is 0 Å². The molecule has 0 unspecified atom stereocenters. The monoisotopic (exact) mass is 862 g/mol. The molecule has 2 heterocycles. The molecule has 0 aliphatic carbocycles. The van der Waals surface area contributed by atoms with E-state index in [1.54, 1.807) is 0 Å². The summed E-state index contributed by atoms with van der Waals surface area (Å²) >= 11 is 0. The summed E-state index contributed by atoms with van der Waals surface area (Å²) in [5, 5.41) is 11.0. The Morgan fingerprint density at radius 2 is 0.523 bits per heavy atom. The highest BCUT2D eigenvalue weighted by molar-refractivity contribution is 5.91. The number of rotatable bonds is 8. The zero-order valence-corrected chi connectivity index (χ0v) is 42.8. The fraction of sp³-hybridized carbons (Fsp3) is 0.387. The second-order valence-electron chi connectivity index (χ2n) is 20.1. The number of nitrogens with zero attached hydrogens (tertiary/aromatic N) is 2. The molecule has 65 heavy (non-hydrogen) atoms. The lowest BCUT2D eigenvalue weighted by Gasteiger charge is -2.15. The van der Waals surface area contributed by atoms with E-state index in [0.29, 0.717) is 47.3 Å². The van der Waals surface area contributed by atoms with Gasteiger partial charge in [-0.2, -0.15) is 0 Å². The first-order valence-corrected chi connectivity index (χ1v) is 24.2. The molecule has 0 spiro atoms. The fourth-order valence-electron chi connectivity index (χ4n) is 9.10. The molecule has 8 aromatic rings. The van der Waals surface area contributed by atoms with Crippen LogP contribution in [-0.4, -0.2) is 18.4 Å². The maximum atomic E-state index is 4.63. The second-order valence-corrected chi connectivity index (χ2v) is 20.1. The van der Waals surface area contributed by atoms with Crippen LogP contribution in [0.5, 0.6) is 0 Å². The van der Waals surface area contributed by atoms with Gasteiger partial charge in [0.2, 0.25) is 0 Å². The summed E-state index contributed by atoms with van der Waals surface area (Å²) < 4.78 is 0. The third kappa shape index (κ3) is 12.5. The number of fused-ring (bicyclic) bond motifs is 4. The van der Waals surface area contributed by atoms with Crippen LogP contribution in [0.4, 0.5) is 0 Å². The van der Waals surface area contributed by atoms with Gasteiger partial charge in [-0.25, -0.2) is 0 Å². The van der Waals surface area contributed by atoms with Crippen molar-refractivity contribution in [2.75, 3.05) is 0 Å². The molecule has 2 aromatic heterocycles. The van der Waals surface area contributed by atoms with Crippen molar-refractivity contribution in [2.45, 2.75) is 158 Å². The summed E-state index contributed by atoms with van der Waals surface area (Å²) in [4.78, 5) is 8.88. The largest absolute Gasteiger partial charge is 0.264 e. The van der Waals surface area contributed by atoms with Crippen LogP contribution in [-0.2, 0) is 0 Å². The molecular formula is C62H78BN2. The quantitative estimate of drug-likeness (QED) is 0.142. The SMILES string of the molecule is CC(C)c1ccc(C(C)C)c2ccccc12.CC(C)c1ccc(C(C)C)c2ccccc12.CC(C)c1ccc(C(C)C)c2cnccc12.CC(C)c1cnc(C(C)C)c2ccccc12.[B]. The molecule has 0 atom stereocenters. The summed E-state index contributed by atoms with van der Waals surface area (Å²) in [6.07, 6.45) is 5.93. The van der Waals surface area contributed by atoms with Crippen LogP contribution in [0.25, 0.3) is 43.1 Å². The van der Waals surface area contributed by atoms with Gasteiger partial charge in [0.1, 0.15) is 0 Å². The van der Waals surface area contributed by atoms with Crippen LogP contribution >= 0.6 is 0 Å². The standard InChI is InChI=1S/2C16H20.2C15H19N.B/c2*1-11(2)13-9-10-14(12(3)4)16-8-6-5-7-15(13)16;1-10(2)12-5-6-13(11(3)4)15-9-16-8-7-14(12)15;1-10(2)14-9-16-15(11(3)4)13-8-6-5-7-12(13)14;/h2*5-12H,1-4H3;2*5-11H,1-4H3;. The van der Waals surface area contributed by atoms with Crippen molar-refractivity contribution in [1.82, 2.24) is 9.97 Å². The molecule has 0 fully saturated rings. The van der Waals surface area contributed by atoms with Gasteiger partial charge < -0.3 is 0 Å². The molecule has 6 aromatic carbocycles. The van der Waals surface area contributed by atoms with E-state index in [2.05, 4.69) is 236 Å². The molecule has 8 rings (SSSR count). The van der Waals surface area contributed by atoms with Crippen LogP contribution in [0.15, 0.2) is 134 Å². The highest BCUT2D eigenvalue weighted by atomic mass is 14.7. The van der Waals surface area contributed by atoms with Crippen molar-refractivity contribution < 1.29 is 0 Å². The summed E-state index contributed by atoms with van der Waals surface area (Å²) in [5.74, 6) is 4.47. The summed E-state index contributed by atoms with van der Waals surface area (Å²) in [5.41, 5.74) is 11.2. The maximum absolute atomic E-state index is 4.63. The smallest absolute Gasteiger partial charge is 0.0507 e. The summed E-state index contributed by atoms with van der Waals surface area (Å²) in [6.45, 7) is 35.9. The Balaban J connectivity index is 0.000000189. The summed E-state index contributed by atoms with van der Waals surface area (Å²) in [7, 11) is 0. The van der Waals surface area contributed by atoms with Gasteiger partial charge in [-0.3, -0.25) is 9.97 Å². The molecule has 0 amide bonds. The topological polar surface area (TPSA) is 25.8 Å². The van der Waals surface area contributed by atoms with Crippen LogP contribution < -0.4 is 0 Å². The van der Waals surface area contributed by atoms with Gasteiger partial charge in [-0.05, 0) is 125 Å². The molecule has 0 bridgehead atoms. The lowest BCUT2D eigenvalue weighted by atomic mass is 9.89. The molecule has 2 nitrogen and oxygen atoms in total. The van der Waals surface area contributed by atoms with Gasteiger partial charge in [0.05, 0.1) is 5.69 Å². The minimum absolute atomic E-state index is 0. The van der Waals surface area contributed by atoms with E-state index >= 15 is 0 Å². The van der Waals surface area contributed by atoms with Crippen molar-refractivity contribution in [3.63, 3.8) is 0 Å². The van der Waals surface area contributed by atoms with E-state index in [4.69, 9.17) is 0 Å². The lowest BCUT2D eigenvalue weighted by molar-refractivity contribution is 0.818. The Hall–Kier alpha value is -5.28. The molecule has 0 saturated carbocycles. The van der Waals surface area contributed by atoms with Crippen molar-refractivity contribution in [1.29, 1.82) is 0 Å². The van der Waals surface area contributed by atoms with Gasteiger partial charge in [-0.1, -0.05) is 220 Å². The van der Waals surface area contributed by atoms with E-state index in [1.165, 1.54) is 87.7 Å². The highest BCUT2D eigenvalue weighted by Gasteiger charge is 2.14. The van der Waals surface area contributed by atoms with Crippen molar-refractivity contribution >= 4 is 51.5 Å². The van der Waals surface area contributed by atoms with Gasteiger partial charge in [0, 0.05) is 37.8 Å². The Bertz CT molecular complexity index is 2180. The Kier molecular flexibility index (Phi) is 19.1. The first kappa shape index (κ1) is 52.4. The molecule has 339 valence electrons. The number of hydrogen-bond acceptors (Lipinski definition) is 2. The Morgan fingerprint density at radius 3 is 0.815 bits per heavy atom. The molecule has 3 heteroatoms. The van der Waals surface area contributed by atoms with Crippen LogP contribution in [0, 0.1) is 0 Å².